The summed E-state index contributed by atoms with van der Waals surface area (Å²) in [5.74, 6) is -0.962. The van der Waals surface area contributed by atoms with Gasteiger partial charge in [0.2, 0.25) is 0 Å². The number of nitrogens with one attached hydrogen (secondary N) is 2. The molecule has 3 aromatic rings. The van der Waals surface area contributed by atoms with Gasteiger partial charge in [-0.1, -0.05) is 36.4 Å². The standard InChI is InChI=1S/C20H16N2O3S/c23-18-11-5-4-10-16(18)21-20(25)17(13-15-9-6-12-26-15)22-19(24)14-7-2-1-3-8-14/h1-13,23H,(H,21,25)(H,22,24). The summed E-state index contributed by atoms with van der Waals surface area (Å²) in [6.07, 6.45) is 1.60. The van der Waals surface area contributed by atoms with Crippen molar-refractivity contribution in [1.29, 1.82) is 0 Å². The average Bonchev–Trinajstić information content (AvgIpc) is 3.17. The van der Waals surface area contributed by atoms with E-state index in [0.717, 1.165) is 4.88 Å². The number of amides is 2. The second kappa shape index (κ2) is 8.13. The molecule has 130 valence electrons. The molecule has 0 saturated carbocycles. The summed E-state index contributed by atoms with van der Waals surface area (Å²) in [5.41, 5.74) is 0.799. The Morgan fingerprint density at radius 1 is 0.923 bits per heavy atom. The number of hydrogen-bond acceptors (Lipinski definition) is 4. The van der Waals surface area contributed by atoms with E-state index in [2.05, 4.69) is 10.6 Å². The van der Waals surface area contributed by atoms with Crippen LogP contribution in [-0.2, 0) is 4.79 Å². The SMILES string of the molecule is O=C(Nc1ccccc1O)C(=Cc1cccs1)NC(=O)c1ccccc1. The minimum atomic E-state index is -0.524. The molecule has 2 aromatic carbocycles. The molecule has 0 spiro atoms. The maximum absolute atomic E-state index is 12.7. The van der Waals surface area contributed by atoms with Crippen molar-refractivity contribution in [1.82, 2.24) is 5.32 Å². The van der Waals surface area contributed by atoms with E-state index in [1.807, 2.05) is 23.6 Å². The van der Waals surface area contributed by atoms with Crippen LogP contribution < -0.4 is 10.6 Å². The Morgan fingerprint density at radius 3 is 2.35 bits per heavy atom. The van der Waals surface area contributed by atoms with Gasteiger partial charge in [0.15, 0.2) is 0 Å². The summed E-state index contributed by atoms with van der Waals surface area (Å²) in [4.78, 5) is 25.9. The lowest BCUT2D eigenvalue weighted by atomic mass is 10.2. The second-order valence-corrected chi connectivity index (χ2v) is 6.34. The molecule has 0 bridgehead atoms. The third kappa shape index (κ3) is 4.37. The van der Waals surface area contributed by atoms with E-state index in [1.165, 1.54) is 17.4 Å². The van der Waals surface area contributed by atoms with Gasteiger partial charge in [-0.05, 0) is 41.8 Å². The van der Waals surface area contributed by atoms with Crippen LogP contribution in [0, 0.1) is 0 Å². The van der Waals surface area contributed by atoms with Crippen LogP contribution in [0.15, 0.2) is 77.8 Å². The summed E-state index contributed by atoms with van der Waals surface area (Å²) in [5, 5.41) is 17.0. The Bertz CT molecular complexity index is 935. The summed E-state index contributed by atoms with van der Waals surface area (Å²) >= 11 is 1.44. The molecule has 2 amide bonds. The zero-order valence-corrected chi connectivity index (χ0v) is 14.5. The predicted octanol–water partition coefficient (Wildman–Crippen LogP) is 3.86. The number of benzene rings is 2. The Morgan fingerprint density at radius 2 is 1.65 bits per heavy atom. The van der Waals surface area contributed by atoms with Crippen molar-refractivity contribution < 1.29 is 14.7 Å². The van der Waals surface area contributed by atoms with Crippen molar-refractivity contribution in [2.45, 2.75) is 0 Å². The summed E-state index contributed by atoms with van der Waals surface area (Å²) in [7, 11) is 0. The van der Waals surface area contributed by atoms with Crippen molar-refractivity contribution in [2.24, 2.45) is 0 Å². The smallest absolute Gasteiger partial charge is 0.272 e. The molecule has 0 aliphatic carbocycles. The Balaban J connectivity index is 1.85. The molecule has 3 N–H and O–H groups in total. The zero-order chi connectivity index (χ0) is 18.4. The van der Waals surface area contributed by atoms with Crippen LogP contribution in [0.25, 0.3) is 6.08 Å². The number of phenols is 1. The first-order chi connectivity index (χ1) is 12.6. The van der Waals surface area contributed by atoms with Crippen LogP contribution in [0.3, 0.4) is 0 Å². The summed E-state index contributed by atoms with van der Waals surface area (Å²) in [6.45, 7) is 0. The van der Waals surface area contributed by atoms with Gasteiger partial charge >= 0.3 is 0 Å². The molecule has 0 unspecified atom stereocenters. The number of carbonyl (C=O) groups excluding carboxylic acids is 2. The lowest BCUT2D eigenvalue weighted by Gasteiger charge is -2.11. The van der Waals surface area contributed by atoms with Crippen LogP contribution >= 0.6 is 11.3 Å². The minimum Gasteiger partial charge on any atom is -0.506 e. The van der Waals surface area contributed by atoms with Gasteiger partial charge in [-0.15, -0.1) is 11.3 Å². The van der Waals surface area contributed by atoms with Gasteiger partial charge in [0.05, 0.1) is 5.69 Å². The van der Waals surface area contributed by atoms with Gasteiger partial charge in [-0.2, -0.15) is 0 Å². The predicted molar refractivity (Wildman–Crippen MR) is 103 cm³/mol. The van der Waals surface area contributed by atoms with E-state index in [0.29, 0.717) is 5.56 Å². The highest BCUT2D eigenvalue weighted by Gasteiger charge is 2.16. The fourth-order valence-corrected chi connectivity index (χ4v) is 2.88. The van der Waals surface area contributed by atoms with Crippen LogP contribution in [0.5, 0.6) is 5.75 Å². The maximum atomic E-state index is 12.7. The fourth-order valence-electron chi connectivity index (χ4n) is 2.23. The normalized spacial score (nSPS) is 11.0. The molecule has 3 rings (SSSR count). The molecule has 6 heteroatoms. The molecule has 0 fully saturated rings. The topological polar surface area (TPSA) is 78.4 Å². The number of rotatable bonds is 5. The molecule has 5 nitrogen and oxygen atoms in total. The highest BCUT2D eigenvalue weighted by Crippen LogP contribution is 2.22. The number of anilines is 1. The number of thiophene rings is 1. The molecule has 26 heavy (non-hydrogen) atoms. The third-order valence-corrected chi connectivity index (χ3v) is 4.33. The van der Waals surface area contributed by atoms with Gasteiger partial charge in [-0.3, -0.25) is 9.59 Å². The lowest BCUT2D eigenvalue weighted by molar-refractivity contribution is -0.113. The first kappa shape index (κ1) is 17.4. The van der Waals surface area contributed by atoms with Gasteiger partial charge in [0.1, 0.15) is 11.4 Å². The zero-order valence-electron chi connectivity index (χ0n) is 13.7. The number of para-hydroxylation sites is 2. The van der Waals surface area contributed by atoms with Crippen molar-refractivity contribution >= 4 is 34.9 Å². The van der Waals surface area contributed by atoms with E-state index in [9.17, 15) is 14.7 Å². The fraction of sp³-hybridized carbons (Fsp3) is 0. The van der Waals surface area contributed by atoms with E-state index in [1.54, 1.807) is 48.5 Å². The highest BCUT2D eigenvalue weighted by atomic mass is 32.1. The van der Waals surface area contributed by atoms with Crippen LogP contribution in [0.2, 0.25) is 0 Å². The molecular weight excluding hydrogens is 348 g/mol. The molecule has 0 aliphatic heterocycles. The monoisotopic (exact) mass is 364 g/mol. The number of aromatic hydroxyl groups is 1. The molecule has 0 atom stereocenters. The molecular formula is C20H16N2O3S. The van der Waals surface area contributed by atoms with Gasteiger partial charge in [-0.25, -0.2) is 0 Å². The largest absolute Gasteiger partial charge is 0.506 e. The molecule has 0 radical (unpaired) electrons. The van der Waals surface area contributed by atoms with E-state index >= 15 is 0 Å². The molecule has 0 aliphatic rings. The summed E-state index contributed by atoms with van der Waals surface area (Å²) < 4.78 is 0. The molecule has 1 heterocycles. The van der Waals surface area contributed by atoms with Gasteiger partial charge in [0.25, 0.3) is 11.8 Å². The van der Waals surface area contributed by atoms with Crippen molar-refractivity contribution in [3.8, 4) is 5.75 Å². The Labute approximate surface area is 154 Å². The number of carbonyl (C=O) groups is 2. The van der Waals surface area contributed by atoms with Crippen molar-refractivity contribution in [3.63, 3.8) is 0 Å². The van der Waals surface area contributed by atoms with E-state index in [-0.39, 0.29) is 23.0 Å². The Kier molecular flexibility index (Phi) is 5.46. The van der Waals surface area contributed by atoms with Crippen LogP contribution in [0.1, 0.15) is 15.2 Å². The highest BCUT2D eigenvalue weighted by molar-refractivity contribution is 7.10. The number of hydrogen-bond donors (Lipinski definition) is 3. The number of phenolic OH excluding ortho intramolecular Hbond substituents is 1. The quantitative estimate of drug-likeness (QED) is 0.475. The Hall–Kier alpha value is -3.38. The first-order valence-corrected chi connectivity index (χ1v) is 8.72. The molecule has 1 aromatic heterocycles. The third-order valence-electron chi connectivity index (χ3n) is 3.51. The van der Waals surface area contributed by atoms with Crippen LogP contribution in [-0.4, -0.2) is 16.9 Å². The minimum absolute atomic E-state index is 0.0503. The van der Waals surface area contributed by atoms with Crippen molar-refractivity contribution in [2.75, 3.05) is 5.32 Å². The average molecular weight is 364 g/mol. The van der Waals surface area contributed by atoms with E-state index < -0.39 is 5.91 Å². The lowest BCUT2D eigenvalue weighted by Crippen LogP contribution is -2.30. The summed E-state index contributed by atoms with van der Waals surface area (Å²) in [6, 6.07) is 18.7. The second-order valence-electron chi connectivity index (χ2n) is 5.36. The maximum Gasteiger partial charge on any atom is 0.272 e. The van der Waals surface area contributed by atoms with E-state index in [4.69, 9.17) is 0 Å². The van der Waals surface area contributed by atoms with Crippen molar-refractivity contribution in [3.05, 3.63) is 88.2 Å². The molecule has 0 saturated heterocycles. The van der Waals surface area contributed by atoms with Gasteiger partial charge in [0, 0.05) is 10.4 Å². The first-order valence-electron chi connectivity index (χ1n) is 7.84. The van der Waals surface area contributed by atoms with Gasteiger partial charge < -0.3 is 15.7 Å². The van der Waals surface area contributed by atoms with Crippen LogP contribution in [0.4, 0.5) is 5.69 Å².